The van der Waals surface area contributed by atoms with Crippen molar-refractivity contribution in [1.82, 2.24) is 4.57 Å². The minimum absolute atomic E-state index is 0.440. The van der Waals surface area contributed by atoms with Crippen LogP contribution in [0, 0.1) is 10.1 Å². The molecule has 7 heteroatoms. The highest BCUT2D eigenvalue weighted by Crippen LogP contribution is 2.26. The Kier molecular flexibility index (Phi) is 4.42. The van der Waals surface area contributed by atoms with Crippen molar-refractivity contribution in [3.05, 3.63) is 72.6 Å². The number of nitro groups is 1. The zero-order valence-corrected chi connectivity index (χ0v) is 11.8. The topological polar surface area (TPSA) is 65.1 Å². The molecule has 0 spiro atoms. The summed E-state index contributed by atoms with van der Waals surface area (Å²) in [6.07, 6.45) is 3.29. The largest absolute Gasteiger partial charge is 0.348 e. The Hall–Kier alpha value is -1.85. The molecule has 0 saturated carbocycles. The van der Waals surface area contributed by atoms with Crippen LogP contribution in [0.4, 0.5) is 5.69 Å². The van der Waals surface area contributed by atoms with E-state index in [4.69, 9.17) is 23.2 Å². The predicted molar refractivity (Wildman–Crippen MR) is 77.5 cm³/mol. The monoisotopic (exact) mass is 312 g/mol. The van der Waals surface area contributed by atoms with Crippen molar-refractivity contribution in [3.63, 3.8) is 0 Å². The first-order valence-electron chi connectivity index (χ1n) is 5.76. The van der Waals surface area contributed by atoms with Gasteiger partial charge in [0, 0.05) is 18.8 Å². The summed E-state index contributed by atoms with van der Waals surface area (Å²) in [5.41, 5.74) is -0.197. The molecule has 0 atom stereocenters. The summed E-state index contributed by atoms with van der Waals surface area (Å²) in [4.78, 5) is 21.3. The van der Waals surface area contributed by atoms with Crippen LogP contribution in [0.25, 0.3) is 0 Å². The highest BCUT2D eigenvalue weighted by atomic mass is 35.5. The first-order chi connectivity index (χ1) is 9.49. The fraction of sp³-hybridized carbons (Fsp3) is 0.154. The van der Waals surface area contributed by atoms with Gasteiger partial charge in [-0.25, -0.2) is 0 Å². The van der Waals surface area contributed by atoms with Crippen LogP contribution in [0.15, 0.2) is 41.5 Å². The highest BCUT2D eigenvalue weighted by Gasteiger charge is 2.12. The minimum atomic E-state index is -0.689. The second-order valence-electron chi connectivity index (χ2n) is 4.15. The van der Waals surface area contributed by atoms with Crippen LogP contribution in [-0.2, 0) is 13.0 Å². The van der Waals surface area contributed by atoms with E-state index in [0.29, 0.717) is 23.0 Å². The van der Waals surface area contributed by atoms with E-state index in [0.717, 1.165) is 5.56 Å². The van der Waals surface area contributed by atoms with Gasteiger partial charge in [-0.05, 0) is 18.1 Å². The van der Waals surface area contributed by atoms with E-state index in [1.54, 1.807) is 16.7 Å². The zero-order chi connectivity index (χ0) is 14.7. The molecule has 5 nitrogen and oxygen atoms in total. The van der Waals surface area contributed by atoms with Crippen molar-refractivity contribution >= 4 is 28.9 Å². The van der Waals surface area contributed by atoms with Crippen LogP contribution < -0.4 is 5.43 Å². The maximum atomic E-state index is 11.3. The number of aryl methyl sites for hydroxylation is 2. The molecule has 0 amide bonds. The van der Waals surface area contributed by atoms with Crippen LogP contribution in [-0.4, -0.2) is 9.49 Å². The highest BCUT2D eigenvalue weighted by molar-refractivity contribution is 6.42. The fourth-order valence-corrected chi connectivity index (χ4v) is 2.19. The number of benzene rings is 1. The lowest BCUT2D eigenvalue weighted by Crippen LogP contribution is -2.11. The van der Waals surface area contributed by atoms with Crippen LogP contribution in [0.5, 0.6) is 0 Å². The van der Waals surface area contributed by atoms with Gasteiger partial charge in [0.25, 0.3) is 5.43 Å². The fourth-order valence-electron chi connectivity index (χ4n) is 1.78. The Bertz CT molecular complexity index is 713. The number of nitrogens with zero attached hydrogens (tertiary/aromatic N) is 2. The molecule has 0 saturated heterocycles. The van der Waals surface area contributed by atoms with Gasteiger partial charge in [0.1, 0.15) is 0 Å². The molecular weight excluding hydrogens is 303 g/mol. The molecule has 1 aromatic heterocycles. The van der Waals surface area contributed by atoms with E-state index in [2.05, 4.69) is 0 Å². The molecule has 20 heavy (non-hydrogen) atoms. The molecule has 0 radical (unpaired) electrons. The Morgan fingerprint density at radius 3 is 2.70 bits per heavy atom. The number of aromatic nitrogens is 1. The summed E-state index contributed by atoms with van der Waals surface area (Å²) in [6, 6.07) is 6.50. The molecule has 0 N–H and O–H groups in total. The normalized spacial score (nSPS) is 10.5. The van der Waals surface area contributed by atoms with Crippen molar-refractivity contribution in [1.29, 1.82) is 0 Å². The Morgan fingerprint density at radius 2 is 2.00 bits per heavy atom. The molecule has 0 fully saturated rings. The standard InChI is InChI=1S/C13H10Cl2N2O3/c14-10-3-1-2-9(13(10)15)4-6-16-7-5-12(18)11(8-16)17(19)20/h1-3,5,7-8H,4,6H2. The van der Waals surface area contributed by atoms with Crippen LogP contribution in [0.2, 0.25) is 10.0 Å². The van der Waals surface area contributed by atoms with Crippen molar-refractivity contribution in [3.8, 4) is 0 Å². The van der Waals surface area contributed by atoms with Gasteiger partial charge in [0.2, 0.25) is 0 Å². The summed E-state index contributed by atoms with van der Waals surface area (Å²) < 4.78 is 1.58. The van der Waals surface area contributed by atoms with Crippen molar-refractivity contribution in [2.75, 3.05) is 0 Å². The van der Waals surface area contributed by atoms with Gasteiger partial charge in [-0.3, -0.25) is 14.9 Å². The molecule has 0 aliphatic rings. The Labute approximate surface area is 124 Å². The van der Waals surface area contributed by atoms with E-state index in [1.165, 1.54) is 18.5 Å². The lowest BCUT2D eigenvalue weighted by Gasteiger charge is -2.08. The third-order valence-corrected chi connectivity index (χ3v) is 3.68. The molecule has 1 aromatic carbocycles. The SMILES string of the molecule is O=c1ccn(CCc2cccc(Cl)c2Cl)cc1[N+](=O)[O-]. The average molecular weight is 313 g/mol. The minimum Gasteiger partial charge on any atom is -0.348 e. The zero-order valence-electron chi connectivity index (χ0n) is 10.3. The van der Waals surface area contributed by atoms with E-state index < -0.39 is 16.0 Å². The summed E-state index contributed by atoms with van der Waals surface area (Å²) in [6.45, 7) is 0.460. The molecular formula is C13H10Cl2N2O3. The van der Waals surface area contributed by atoms with Crippen LogP contribution in [0.1, 0.15) is 5.56 Å². The first-order valence-corrected chi connectivity index (χ1v) is 6.52. The van der Waals surface area contributed by atoms with Crippen LogP contribution in [0.3, 0.4) is 0 Å². The third kappa shape index (κ3) is 3.18. The van der Waals surface area contributed by atoms with Gasteiger partial charge >= 0.3 is 5.69 Å². The Morgan fingerprint density at radius 1 is 1.25 bits per heavy atom. The lowest BCUT2D eigenvalue weighted by molar-refractivity contribution is -0.386. The number of hydrogen-bond acceptors (Lipinski definition) is 3. The van der Waals surface area contributed by atoms with Gasteiger partial charge in [-0.15, -0.1) is 0 Å². The van der Waals surface area contributed by atoms with Crippen molar-refractivity contribution < 1.29 is 4.92 Å². The number of pyridine rings is 1. The van der Waals surface area contributed by atoms with Gasteiger partial charge in [-0.2, -0.15) is 0 Å². The maximum absolute atomic E-state index is 11.3. The number of halogens is 2. The number of hydrogen-bond donors (Lipinski definition) is 0. The molecule has 0 aliphatic carbocycles. The first kappa shape index (κ1) is 14.6. The van der Waals surface area contributed by atoms with Gasteiger partial charge < -0.3 is 4.57 Å². The molecule has 104 valence electrons. The van der Waals surface area contributed by atoms with Gasteiger partial charge in [0.05, 0.1) is 21.2 Å². The molecule has 0 unspecified atom stereocenters. The van der Waals surface area contributed by atoms with Crippen molar-refractivity contribution in [2.45, 2.75) is 13.0 Å². The van der Waals surface area contributed by atoms with E-state index in [1.807, 2.05) is 6.07 Å². The molecule has 0 bridgehead atoms. The maximum Gasteiger partial charge on any atom is 0.332 e. The molecule has 2 rings (SSSR count). The summed E-state index contributed by atoms with van der Waals surface area (Å²) in [5, 5.41) is 11.6. The molecule has 2 aromatic rings. The summed E-state index contributed by atoms with van der Waals surface area (Å²) in [5.74, 6) is 0. The molecule has 0 aliphatic heterocycles. The number of rotatable bonds is 4. The van der Waals surface area contributed by atoms with E-state index in [-0.39, 0.29) is 0 Å². The van der Waals surface area contributed by atoms with E-state index >= 15 is 0 Å². The average Bonchev–Trinajstić information content (AvgIpc) is 2.41. The van der Waals surface area contributed by atoms with Crippen LogP contribution >= 0.6 is 23.2 Å². The summed E-state index contributed by atoms with van der Waals surface area (Å²) in [7, 11) is 0. The van der Waals surface area contributed by atoms with Crippen molar-refractivity contribution in [2.24, 2.45) is 0 Å². The van der Waals surface area contributed by atoms with E-state index in [9.17, 15) is 14.9 Å². The Balaban J connectivity index is 2.19. The van der Waals surface area contributed by atoms with Gasteiger partial charge in [0.15, 0.2) is 0 Å². The second-order valence-corrected chi connectivity index (χ2v) is 4.94. The third-order valence-electron chi connectivity index (χ3n) is 2.83. The second kappa shape index (κ2) is 6.07. The predicted octanol–water partition coefficient (Wildman–Crippen LogP) is 3.31. The quantitative estimate of drug-likeness (QED) is 0.642. The molecule has 1 heterocycles. The summed E-state index contributed by atoms with van der Waals surface area (Å²) >= 11 is 12.0. The van der Waals surface area contributed by atoms with Gasteiger partial charge in [-0.1, -0.05) is 35.3 Å². The smallest absolute Gasteiger partial charge is 0.332 e. The lowest BCUT2D eigenvalue weighted by atomic mass is 10.1.